The van der Waals surface area contributed by atoms with Crippen molar-refractivity contribution in [1.29, 1.82) is 0 Å². The van der Waals surface area contributed by atoms with Crippen molar-refractivity contribution in [2.24, 2.45) is 11.3 Å². The van der Waals surface area contributed by atoms with Gasteiger partial charge < -0.3 is 4.74 Å². The molecule has 0 unspecified atom stereocenters. The van der Waals surface area contributed by atoms with Gasteiger partial charge in [0, 0.05) is 22.8 Å². The van der Waals surface area contributed by atoms with E-state index in [4.69, 9.17) is 4.74 Å². The SMILES string of the molecule is CC1(C)OC[C@@H]2[C@@H](c3ccc(F)cc3)[C@@]21/C=C/C(=O)c1ccccc1. The van der Waals surface area contributed by atoms with Gasteiger partial charge in [-0.2, -0.15) is 0 Å². The summed E-state index contributed by atoms with van der Waals surface area (Å²) in [5.41, 5.74) is 1.22. The second-order valence-electron chi connectivity index (χ2n) is 7.45. The van der Waals surface area contributed by atoms with E-state index in [1.165, 1.54) is 12.1 Å². The largest absolute Gasteiger partial charge is 0.374 e. The summed E-state index contributed by atoms with van der Waals surface area (Å²) in [6, 6.07) is 16.0. The number of carbonyl (C=O) groups is 1. The summed E-state index contributed by atoms with van der Waals surface area (Å²) >= 11 is 0. The summed E-state index contributed by atoms with van der Waals surface area (Å²) < 4.78 is 19.2. The molecule has 2 aromatic rings. The highest BCUT2D eigenvalue weighted by atomic mass is 19.1. The highest BCUT2D eigenvalue weighted by Crippen LogP contribution is 2.75. The maximum Gasteiger partial charge on any atom is 0.185 e. The first-order valence-electron chi connectivity index (χ1n) is 8.64. The van der Waals surface area contributed by atoms with Crippen molar-refractivity contribution in [1.82, 2.24) is 0 Å². The van der Waals surface area contributed by atoms with E-state index in [0.717, 1.165) is 5.56 Å². The Bertz CT molecular complexity index is 823. The number of halogens is 1. The Balaban J connectivity index is 1.66. The molecule has 1 aliphatic carbocycles. The van der Waals surface area contributed by atoms with Gasteiger partial charge in [-0.1, -0.05) is 48.5 Å². The molecule has 2 aliphatic rings. The predicted molar refractivity (Wildman–Crippen MR) is 95.0 cm³/mol. The van der Waals surface area contributed by atoms with Gasteiger partial charge in [0.25, 0.3) is 0 Å². The Labute approximate surface area is 147 Å². The zero-order valence-electron chi connectivity index (χ0n) is 14.4. The van der Waals surface area contributed by atoms with Gasteiger partial charge in [0.15, 0.2) is 5.78 Å². The summed E-state index contributed by atoms with van der Waals surface area (Å²) in [6.07, 6.45) is 3.72. The molecule has 25 heavy (non-hydrogen) atoms. The number of rotatable bonds is 4. The lowest BCUT2D eigenvalue weighted by molar-refractivity contribution is -0.0155. The molecule has 0 amide bonds. The molecule has 1 saturated carbocycles. The number of ether oxygens (including phenoxy) is 1. The molecule has 1 heterocycles. The van der Waals surface area contributed by atoms with Gasteiger partial charge in [-0.05, 0) is 37.6 Å². The summed E-state index contributed by atoms with van der Waals surface area (Å²) in [4.78, 5) is 12.5. The van der Waals surface area contributed by atoms with Crippen LogP contribution in [-0.2, 0) is 4.74 Å². The summed E-state index contributed by atoms with van der Waals surface area (Å²) in [5, 5.41) is 0. The maximum atomic E-state index is 13.3. The van der Waals surface area contributed by atoms with Crippen LogP contribution in [0.5, 0.6) is 0 Å². The van der Waals surface area contributed by atoms with E-state index in [0.29, 0.717) is 18.1 Å². The minimum atomic E-state index is -0.357. The topological polar surface area (TPSA) is 26.3 Å². The Kier molecular flexibility index (Phi) is 3.66. The molecule has 1 aliphatic heterocycles. The van der Waals surface area contributed by atoms with Gasteiger partial charge in [0.1, 0.15) is 5.82 Å². The molecular weight excluding hydrogens is 315 g/mol. The van der Waals surface area contributed by atoms with Crippen LogP contribution in [0, 0.1) is 17.2 Å². The number of allylic oxidation sites excluding steroid dienone is 1. The highest BCUT2D eigenvalue weighted by Gasteiger charge is 2.74. The third-order valence-electron chi connectivity index (χ3n) is 5.89. The van der Waals surface area contributed by atoms with Crippen molar-refractivity contribution in [2.45, 2.75) is 25.4 Å². The van der Waals surface area contributed by atoms with Gasteiger partial charge in [0.2, 0.25) is 0 Å². The first kappa shape index (κ1) is 16.2. The molecule has 3 atom stereocenters. The number of ketones is 1. The first-order chi connectivity index (χ1) is 12.0. The quantitative estimate of drug-likeness (QED) is 0.594. The van der Waals surface area contributed by atoms with Crippen LogP contribution in [0.25, 0.3) is 0 Å². The van der Waals surface area contributed by atoms with Gasteiger partial charge >= 0.3 is 0 Å². The average Bonchev–Trinajstić information content (AvgIpc) is 3.21. The van der Waals surface area contributed by atoms with Crippen LogP contribution in [0.1, 0.15) is 35.7 Å². The zero-order chi connectivity index (χ0) is 17.7. The van der Waals surface area contributed by atoms with E-state index in [2.05, 4.69) is 13.8 Å². The molecule has 2 fully saturated rings. The van der Waals surface area contributed by atoms with E-state index >= 15 is 0 Å². The molecule has 128 valence electrons. The van der Waals surface area contributed by atoms with Crippen molar-refractivity contribution >= 4 is 5.78 Å². The normalized spacial score (nSPS) is 29.6. The highest BCUT2D eigenvalue weighted by molar-refractivity contribution is 6.04. The number of hydrogen-bond acceptors (Lipinski definition) is 2. The smallest absolute Gasteiger partial charge is 0.185 e. The van der Waals surface area contributed by atoms with E-state index in [1.54, 1.807) is 6.08 Å². The molecule has 0 N–H and O–H groups in total. The zero-order valence-corrected chi connectivity index (χ0v) is 14.4. The standard InChI is InChI=1S/C22H21FO2/c1-21(2)22(13-12-19(24)15-6-4-3-5-7-15)18(14-25-21)20(22)16-8-10-17(23)11-9-16/h3-13,18,20H,14H2,1-2H3/b13-12+/t18-,20-,22-/m1/s1. The van der Waals surface area contributed by atoms with E-state index in [1.807, 2.05) is 48.5 Å². The fourth-order valence-electron chi connectivity index (χ4n) is 4.48. The second-order valence-corrected chi connectivity index (χ2v) is 7.45. The summed E-state index contributed by atoms with van der Waals surface area (Å²) in [7, 11) is 0. The monoisotopic (exact) mass is 336 g/mol. The molecule has 1 saturated heterocycles. The fraction of sp³-hybridized carbons (Fsp3) is 0.318. The van der Waals surface area contributed by atoms with E-state index in [-0.39, 0.29) is 28.5 Å². The van der Waals surface area contributed by atoms with Crippen LogP contribution in [0.3, 0.4) is 0 Å². The molecule has 0 bridgehead atoms. The number of benzene rings is 2. The van der Waals surface area contributed by atoms with Crippen LogP contribution in [0.4, 0.5) is 4.39 Å². The molecule has 2 nitrogen and oxygen atoms in total. The van der Waals surface area contributed by atoms with Crippen molar-refractivity contribution in [2.75, 3.05) is 6.61 Å². The van der Waals surface area contributed by atoms with Gasteiger partial charge in [0.05, 0.1) is 12.2 Å². The summed E-state index contributed by atoms with van der Waals surface area (Å²) in [6.45, 7) is 4.82. The van der Waals surface area contributed by atoms with Gasteiger partial charge in [-0.25, -0.2) is 4.39 Å². The van der Waals surface area contributed by atoms with E-state index < -0.39 is 0 Å². The average molecular weight is 336 g/mol. The Hall–Kier alpha value is -2.26. The Morgan fingerprint density at radius 3 is 2.48 bits per heavy atom. The molecule has 0 radical (unpaired) electrons. The van der Waals surface area contributed by atoms with Crippen molar-refractivity contribution in [3.63, 3.8) is 0 Å². The van der Waals surface area contributed by atoms with Crippen molar-refractivity contribution in [3.05, 3.63) is 83.7 Å². The minimum absolute atomic E-state index is 0.00109. The second kappa shape index (κ2) is 5.63. The van der Waals surface area contributed by atoms with Gasteiger partial charge in [-0.15, -0.1) is 0 Å². The van der Waals surface area contributed by atoms with Crippen LogP contribution >= 0.6 is 0 Å². The predicted octanol–water partition coefficient (Wildman–Crippen LogP) is 4.77. The lowest BCUT2D eigenvalue weighted by atomic mass is 9.82. The molecule has 4 rings (SSSR count). The van der Waals surface area contributed by atoms with Crippen molar-refractivity contribution < 1.29 is 13.9 Å². The molecule has 2 aromatic carbocycles. The van der Waals surface area contributed by atoms with Crippen LogP contribution in [0.15, 0.2) is 66.7 Å². The number of hydrogen-bond donors (Lipinski definition) is 0. The van der Waals surface area contributed by atoms with Crippen molar-refractivity contribution in [3.8, 4) is 0 Å². The number of carbonyl (C=O) groups excluding carboxylic acids is 1. The summed E-state index contributed by atoms with van der Waals surface area (Å²) in [5.74, 6) is 0.361. The third kappa shape index (κ3) is 2.46. The third-order valence-corrected chi connectivity index (χ3v) is 5.89. The maximum absolute atomic E-state index is 13.3. The minimum Gasteiger partial charge on any atom is -0.374 e. The lowest BCUT2D eigenvalue weighted by Gasteiger charge is -2.30. The van der Waals surface area contributed by atoms with Crippen LogP contribution in [0.2, 0.25) is 0 Å². The van der Waals surface area contributed by atoms with Crippen LogP contribution < -0.4 is 0 Å². The fourth-order valence-corrected chi connectivity index (χ4v) is 4.48. The van der Waals surface area contributed by atoms with E-state index in [9.17, 15) is 9.18 Å². The van der Waals surface area contributed by atoms with Gasteiger partial charge in [-0.3, -0.25) is 4.79 Å². The lowest BCUT2D eigenvalue weighted by Crippen LogP contribution is -2.33. The Morgan fingerprint density at radius 2 is 1.80 bits per heavy atom. The Morgan fingerprint density at radius 1 is 1.12 bits per heavy atom. The molecule has 3 heteroatoms. The molecule has 0 spiro atoms. The van der Waals surface area contributed by atoms with Crippen LogP contribution in [-0.4, -0.2) is 18.0 Å². The molecular formula is C22H21FO2. The molecule has 0 aromatic heterocycles. The number of fused-ring (bicyclic) bond motifs is 1. The first-order valence-corrected chi connectivity index (χ1v) is 8.64.